The molecule has 0 bridgehead atoms. The van der Waals surface area contributed by atoms with Gasteiger partial charge in [-0.1, -0.05) is 17.7 Å². The van der Waals surface area contributed by atoms with E-state index in [4.69, 9.17) is 5.11 Å². The number of rotatable bonds is 3. The molecular formula is C13H17NO3. The molecule has 17 heavy (non-hydrogen) atoms. The number of nitrogens with one attached hydrogen (secondary N) is 1. The molecule has 0 unspecified atom stereocenters. The van der Waals surface area contributed by atoms with Crippen molar-refractivity contribution in [2.75, 3.05) is 0 Å². The zero-order valence-corrected chi connectivity index (χ0v) is 10.5. The molecule has 1 aromatic rings. The van der Waals surface area contributed by atoms with Gasteiger partial charge in [0.2, 0.25) is 0 Å². The number of carboxylic acids is 1. The summed E-state index contributed by atoms with van der Waals surface area (Å²) in [6.07, 6.45) is 0. The number of aryl methyl sites for hydroxylation is 2. The van der Waals surface area contributed by atoms with E-state index in [1.165, 1.54) is 13.8 Å². The predicted molar refractivity (Wildman–Crippen MR) is 65.1 cm³/mol. The molecule has 0 atom stereocenters. The Morgan fingerprint density at radius 2 is 1.82 bits per heavy atom. The largest absolute Gasteiger partial charge is 0.480 e. The maximum absolute atomic E-state index is 12.0. The van der Waals surface area contributed by atoms with Crippen LogP contribution in [0.2, 0.25) is 0 Å². The zero-order valence-electron chi connectivity index (χ0n) is 10.5. The first-order valence-electron chi connectivity index (χ1n) is 5.37. The third-order valence-corrected chi connectivity index (χ3v) is 2.60. The number of hydrogen-bond donors (Lipinski definition) is 2. The lowest BCUT2D eigenvalue weighted by atomic mass is 10.0. The van der Waals surface area contributed by atoms with Crippen molar-refractivity contribution in [3.8, 4) is 0 Å². The van der Waals surface area contributed by atoms with Crippen molar-refractivity contribution in [3.05, 3.63) is 34.9 Å². The van der Waals surface area contributed by atoms with Crippen LogP contribution in [0.15, 0.2) is 18.2 Å². The quantitative estimate of drug-likeness (QED) is 0.840. The Labute approximate surface area is 101 Å². The van der Waals surface area contributed by atoms with Gasteiger partial charge in [-0.2, -0.15) is 0 Å². The van der Waals surface area contributed by atoms with E-state index in [0.717, 1.165) is 11.1 Å². The van der Waals surface area contributed by atoms with Gasteiger partial charge in [0.1, 0.15) is 5.54 Å². The standard InChI is InChI=1S/C13H17NO3/c1-8-5-6-9(2)10(7-8)11(15)14-13(3,4)12(16)17/h5-7H,1-4H3,(H,14,15)(H,16,17). The minimum absolute atomic E-state index is 0.362. The second-order valence-corrected chi connectivity index (χ2v) is 4.70. The van der Waals surface area contributed by atoms with E-state index in [1.54, 1.807) is 6.07 Å². The van der Waals surface area contributed by atoms with E-state index < -0.39 is 11.5 Å². The molecule has 0 aliphatic carbocycles. The van der Waals surface area contributed by atoms with Crippen LogP contribution < -0.4 is 5.32 Å². The van der Waals surface area contributed by atoms with Crippen molar-refractivity contribution in [1.82, 2.24) is 5.32 Å². The molecular weight excluding hydrogens is 218 g/mol. The molecule has 1 rings (SSSR count). The smallest absolute Gasteiger partial charge is 0.328 e. The van der Waals surface area contributed by atoms with Crippen LogP contribution in [0.25, 0.3) is 0 Å². The van der Waals surface area contributed by atoms with Crippen LogP contribution in [0.4, 0.5) is 0 Å². The van der Waals surface area contributed by atoms with Crippen LogP contribution in [0.5, 0.6) is 0 Å². The number of aliphatic carboxylic acids is 1. The van der Waals surface area contributed by atoms with E-state index in [0.29, 0.717) is 5.56 Å². The van der Waals surface area contributed by atoms with Crippen molar-refractivity contribution >= 4 is 11.9 Å². The van der Waals surface area contributed by atoms with Crippen LogP contribution >= 0.6 is 0 Å². The molecule has 0 saturated carbocycles. The molecule has 0 aliphatic heterocycles. The second kappa shape index (κ2) is 4.57. The Morgan fingerprint density at radius 1 is 1.24 bits per heavy atom. The summed E-state index contributed by atoms with van der Waals surface area (Å²) in [6.45, 7) is 6.62. The summed E-state index contributed by atoms with van der Waals surface area (Å²) in [4.78, 5) is 22.9. The van der Waals surface area contributed by atoms with Gasteiger partial charge in [0.25, 0.3) is 5.91 Å². The van der Waals surface area contributed by atoms with Crippen molar-refractivity contribution < 1.29 is 14.7 Å². The maximum Gasteiger partial charge on any atom is 0.328 e. The Bertz CT molecular complexity index is 464. The highest BCUT2D eigenvalue weighted by molar-refractivity contribution is 5.98. The molecule has 4 nitrogen and oxygen atoms in total. The van der Waals surface area contributed by atoms with Gasteiger partial charge >= 0.3 is 5.97 Å². The summed E-state index contributed by atoms with van der Waals surface area (Å²) in [6, 6.07) is 5.51. The van der Waals surface area contributed by atoms with Crippen molar-refractivity contribution in [1.29, 1.82) is 0 Å². The summed E-state index contributed by atoms with van der Waals surface area (Å²) in [5, 5.41) is 11.4. The summed E-state index contributed by atoms with van der Waals surface area (Å²) in [5.41, 5.74) is 1.04. The molecule has 92 valence electrons. The number of hydrogen-bond acceptors (Lipinski definition) is 2. The summed E-state index contributed by atoms with van der Waals surface area (Å²) < 4.78 is 0. The fraction of sp³-hybridized carbons (Fsp3) is 0.385. The molecule has 4 heteroatoms. The monoisotopic (exact) mass is 235 g/mol. The van der Waals surface area contributed by atoms with Gasteiger partial charge in [0, 0.05) is 5.56 Å². The highest BCUT2D eigenvalue weighted by Crippen LogP contribution is 2.12. The molecule has 0 fully saturated rings. The van der Waals surface area contributed by atoms with E-state index in [2.05, 4.69) is 5.32 Å². The van der Waals surface area contributed by atoms with Gasteiger partial charge < -0.3 is 10.4 Å². The molecule has 1 aromatic carbocycles. The highest BCUT2D eigenvalue weighted by Gasteiger charge is 2.29. The second-order valence-electron chi connectivity index (χ2n) is 4.70. The van der Waals surface area contributed by atoms with E-state index in [-0.39, 0.29) is 5.91 Å². The van der Waals surface area contributed by atoms with Crippen molar-refractivity contribution in [2.24, 2.45) is 0 Å². The number of carbonyl (C=O) groups is 2. The molecule has 2 N–H and O–H groups in total. The van der Waals surface area contributed by atoms with Crippen molar-refractivity contribution in [2.45, 2.75) is 33.2 Å². The van der Waals surface area contributed by atoms with Crippen molar-refractivity contribution in [3.63, 3.8) is 0 Å². The third kappa shape index (κ3) is 3.06. The number of benzene rings is 1. The average Bonchev–Trinajstić information content (AvgIpc) is 2.20. The minimum Gasteiger partial charge on any atom is -0.480 e. The molecule has 0 radical (unpaired) electrons. The Balaban J connectivity index is 2.98. The predicted octanol–water partition coefficient (Wildman–Crippen LogP) is 1.90. The summed E-state index contributed by atoms with van der Waals surface area (Å²) in [7, 11) is 0. The lowest BCUT2D eigenvalue weighted by molar-refractivity contribution is -0.143. The first-order valence-corrected chi connectivity index (χ1v) is 5.37. The van der Waals surface area contributed by atoms with Gasteiger partial charge in [0.05, 0.1) is 0 Å². The minimum atomic E-state index is -1.27. The Kier molecular flexibility index (Phi) is 3.56. The average molecular weight is 235 g/mol. The van der Waals surface area contributed by atoms with Crippen LogP contribution in [-0.2, 0) is 4.79 Å². The molecule has 0 saturated heterocycles. The lowest BCUT2D eigenvalue weighted by Gasteiger charge is -2.21. The molecule has 0 aromatic heterocycles. The first kappa shape index (κ1) is 13.2. The third-order valence-electron chi connectivity index (χ3n) is 2.60. The van der Waals surface area contributed by atoms with Gasteiger partial charge in [-0.3, -0.25) is 4.79 Å². The molecule has 1 amide bonds. The van der Waals surface area contributed by atoms with Crippen LogP contribution in [0.3, 0.4) is 0 Å². The lowest BCUT2D eigenvalue weighted by Crippen LogP contribution is -2.49. The summed E-state index contributed by atoms with van der Waals surface area (Å²) in [5.74, 6) is -1.42. The number of carbonyl (C=O) groups excluding carboxylic acids is 1. The topological polar surface area (TPSA) is 66.4 Å². The molecule has 0 aliphatic rings. The number of carboxylic acid groups (broad SMARTS) is 1. The molecule has 0 heterocycles. The van der Waals surface area contributed by atoms with E-state index in [1.807, 2.05) is 26.0 Å². The van der Waals surface area contributed by atoms with Gasteiger partial charge in [-0.15, -0.1) is 0 Å². The van der Waals surface area contributed by atoms with Crippen LogP contribution in [0.1, 0.15) is 35.3 Å². The Hall–Kier alpha value is -1.84. The fourth-order valence-corrected chi connectivity index (χ4v) is 1.39. The summed E-state index contributed by atoms with van der Waals surface area (Å²) >= 11 is 0. The SMILES string of the molecule is Cc1ccc(C)c(C(=O)NC(C)(C)C(=O)O)c1. The maximum atomic E-state index is 12.0. The Morgan fingerprint density at radius 3 is 2.35 bits per heavy atom. The zero-order chi connectivity index (χ0) is 13.2. The molecule has 0 spiro atoms. The first-order chi connectivity index (χ1) is 7.74. The van der Waals surface area contributed by atoms with Gasteiger partial charge in [-0.25, -0.2) is 4.79 Å². The highest BCUT2D eigenvalue weighted by atomic mass is 16.4. The van der Waals surface area contributed by atoms with Crippen LogP contribution in [-0.4, -0.2) is 22.5 Å². The number of amides is 1. The fourth-order valence-electron chi connectivity index (χ4n) is 1.39. The van der Waals surface area contributed by atoms with Gasteiger partial charge in [-0.05, 0) is 39.3 Å². The normalized spacial score (nSPS) is 11.1. The van der Waals surface area contributed by atoms with Crippen LogP contribution in [0, 0.1) is 13.8 Å². The van der Waals surface area contributed by atoms with Gasteiger partial charge in [0.15, 0.2) is 0 Å². The van der Waals surface area contributed by atoms with E-state index in [9.17, 15) is 9.59 Å². The van der Waals surface area contributed by atoms with E-state index >= 15 is 0 Å².